The van der Waals surface area contributed by atoms with Gasteiger partial charge in [-0.15, -0.1) is 0 Å². The van der Waals surface area contributed by atoms with Gasteiger partial charge in [0.2, 0.25) is 17.7 Å². The number of aliphatic carboxylic acids is 2. The highest BCUT2D eigenvalue weighted by Crippen LogP contribution is 2.03. The van der Waals surface area contributed by atoms with Gasteiger partial charge in [0.15, 0.2) is 0 Å². The van der Waals surface area contributed by atoms with E-state index in [0.717, 1.165) is 0 Å². The van der Waals surface area contributed by atoms with Crippen LogP contribution in [0.1, 0.15) is 46.5 Å². The van der Waals surface area contributed by atoms with Crippen molar-refractivity contribution in [3.8, 4) is 0 Å². The topological polar surface area (TPSA) is 214 Å². The lowest BCUT2D eigenvalue weighted by Crippen LogP contribution is -2.57. The zero-order valence-corrected chi connectivity index (χ0v) is 17.5. The molecule has 0 saturated heterocycles. The van der Waals surface area contributed by atoms with Crippen molar-refractivity contribution in [2.75, 3.05) is 6.54 Å². The molecule has 9 N–H and O–H groups in total. The van der Waals surface area contributed by atoms with Gasteiger partial charge in [-0.3, -0.25) is 19.2 Å². The van der Waals surface area contributed by atoms with Crippen LogP contribution in [0.2, 0.25) is 0 Å². The number of hydrogen-bond acceptors (Lipinski definition) is 7. The number of rotatable bonds is 14. The van der Waals surface area contributed by atoms with Crippen LogP contribution in [0.5, 0.6) is 0 Å². The Hall–Kier alpha value is -2.73. The van der Waals surface area contributed by atoms with Crippen LogP contribution in [0.3, 0.4) is 0 Å². The van der Waals surface area contributed by atoms with E-state index >= 15 is 0 Å². The van der Waals surface area contributed by atoms with Crippen molar-refractivity contribution in [2.24, 2.45) is 17.4 Å². The largest absolute Gasteiger partial charge is 0.481 e. The number of amides is 3. The highest BCUT2D eigenvalue weighted by atomic mass is 16.4. The molecule has 0 spiro atoms. The van der Waals surface area contributed by atoms with Crippen molar-refractivity contribution >= 4 is 29.7 Å². The van der Waals surface area contributed by atoms with Gasteiger partial charge in [-0.2, -0.15) is 0 Å². The standard InChI is InChI=1S/C18H33N5O7/c1-9(2)14(18(29)30)23-15(26)10(3)21-17(28)12(8-13(24)25)22-16(27)11(20)6-4-5-7-19/h9-12,14H,4-8,19-20H2,1-3H3,(H,21,28)(H,22,27)(H,23,26)(H,24,25)(H,29,30). The summed E-state index contributed by atoms with van der Waals surface area (Å²) in [5, 5.41) is 25.0. The third-order valence-corrected chi connectivity index (χ3v) is 4.30. The number of carbonyl (C=O) groups is 5. The molecule has 30 heavy (non-hydrogen) atoms. The zero-order chi connectivity index (χ0) is 23.4. The molecular formula is C18H33N5O7. The molecular weight excluding hydrogens is 398 g/mol. The summed E-state index contributed by atoms with van der Waals surface area (Å²) in [4.78, 5) is 59.1. The normalized spacial score (nSPS) is 14.9. The van der Waals surface area contributed by atoms with Gasteiger partial charge in [-0.1, -0.05) is 20.3 Å². The molecule has 0 rings (SSSR count). The zero-order valence-electron chi connectivity index (χ0n) is 17.5. The third-order valence-electron chi connectivity index (χ3n) is 4.30. The Kier molecular flexibility index (Phi) is 12.3. The third kappa shape index (κ3) is 10.2. The molecule has 12 nitrogen and oxygen atoms in total. The summed E-state index contributed by atoms with van der Waals surface area (Å²) in [5.74, 6) is -5.32. The van der Waals surface area contributed by atoms with Gasteiger partial charge in [0.1, 0.15) is 18.1 Å². The summed E-state index contributed by atoms with van der Waals surface area (Å²) in [7, 11) is 0. The number of carbonyl (C=O) groups excluding carboxylic acids is 3. The second kappa shape index (κ2) is 13.5. The molecule has 0 aromatic heterocycles. The van der Waals surface area contributed by atoms with Gasteiger partial charge in [0.05, 0.1) is 12.5 Å². The van der Waals surface area contributed by atoms with E-state index in [1.165, 1.54) is 6.92 Å². The summed E-state index contributed by atoms with van der Waals surface area (Å²) < 4.78 is 0. The smallest absolute Gasteiger partial charge is 0.326 e. The molecule has 0 fully saturated rings. The summed E-state index contributed by atoms with van der Waals surface area (Å²) in [5.41, 5.74) is 11.1. The molecule has 12 heteroatoms. The van der Waals surface area contributed by atoms with Crippen LogP contribution in [0.4, 0.5) is 0 Å². The van der Waals surface area contributed by atoms with E-state index in [1.54, 1.807) is 13.8 Å². The number of nitrogens with one attached hydrogen (secondary N) is 3. The minimum Gasteiger partial charge on any atom is -0.481 e. The van der Waals surface area contributed by atoms with E-state index < -0.39 is 66.2 Å². The van der Waals surface area contributed by atoms with E-state index in [1.807, 2.05) is 0 Å². The Balaban J connectivity index is 5.01. The van der Waals surface area contributed by atoms with Crippen molar-refractivity contribution in [3.63, 3.8) is 0 Å². The van der Waals surface area contributed by atoms with Crippen LogP contribution >= 0.6 is 0 Å². The predicted octanol–water partition coefficient (Wildman–Crippen LogP) is -1.87. The van der Waals surface area contributed by atoms with E-state index in [9.17, 15) is 24.0 Å². The van der Waals surface area contributed by atoms with Crippen molar-refractivity contribution in [2.45, 2.75) is 70.6 Å². The Labute approximate surface area is 175 Å². The Morgan fingerprint density at radius 1 is 0.867 bits per heavy atom. The van der Waals surface area contributed by atoms with Crippen LogP contribution in [0.15, 0.2) is 0 Å². The molecule has 3 amide bonds. The van der Waals surface area contributed by atoms with Gasteiger partial charge < -0.3 is 37.6 Å². The second-order valence-electron chi connectivity index (χ2n) is 7.35. The summed E-state index contributed by atoms with van der Waals surface area (Å²) in [6.45, 7) is 4.97. The molecule has 0 aliphatic rings. The highest BCUT2D eigenvalue weighted by molar-refractivity contribution is 5.95. The van der Waals surface area contributed by atoms with Crippen molar-refractivity contribution in [3.05, 3.63) is 0 Å². The van der Waals surface area contributed by atoms with Crippen LogP contribution in [0.25, 0.3) is 0 Å². The van der Waals surface area contributed by atoms with Gasteiger partial charge in [0.25, 0.3) is 0 Å². The average molecular weight is 431 g/mol. The lowest BCUT2D eigenvalue weighted by Gasteiger charge is -2.23. The van der Waals surface area contributed by atoms with Gasteiger partial charge in [0, 0.05) is 0 Å². The van der Waals surface area contributed by atoms with Crippen LogP contribution in [-0.4, -0.2) is 70.6 Å². The monoisotopic (exact) mass is 431 g/mol. The molecule has 172 valence electrons. The van der Waals surface area contributed by atoms with Crippen LogP contribution in [-0.2, 0) is 24.0 Å². The first-order valence-electron chi connectivity index (χ1n) is 9.72. The second-order valence-corrected chi connectivity index (χ2v) is 7.35. The first-order chi connectivity index (χ1) is 13.9. The molecule has 0 saturated carbocycles. The number of nitrogens with two attached hydrogens (primary N) is 2. The van der Waals surface area contributed by atoms with Crippen LogP contribution < -0.4 is 27.4 Å². The highest BCUT2D eigenvalue weighted by Gasteiger charge is 2.30. The Bertz CT molecular complexity index is 626. The van der Waals surface area contributed by atoms with E-state index in [0.29, 0.717) is 25.8 Å². The quantitative estimate of drug-likeness (QED) is 0.153. The predicted molar refractivity (Wildman–Crippen MR) is 107 cm³/mol. The SMILES string of the molecule is CC(NC(=O)C(CC(=O)O)NC(=O)C(N)CCCCN)C(=O)NC(C(=O)O)C(C)C. The number of hydrogen-bond donors (Lipinski definition) is 7. The summed E-state index contributed by atoms with van der Waals surface area (Å²) in [6, 6.07) is -4.71. The molecule has 0 aliphatic heterocycles. The number of carboxylic acid groups (broad SMARTS) is 2. The minimum atomic E-state index is -1.45. The fourth-order valence-electron chi connectivity index (χ4n) is 2.47. The van der Waals surface area contributed by atoms with E-state index in [-0.39, 0.29) is 0 Å². The Morgan fingerprint density at radius 3 is 1.93 bits per heavy atom. The van der Waals surface area contributed by atoms with Crippen molar-refractivity contribution in [1.82, 2.24) is 16.0 Å². The van der Waals surface area contributed by atoms with Gasteiger partial charge >= 0.3 is 11.9 Å². The molecule has 0 aromatic rings. The lowest BCUT2D eigenvalue weighted by molar-refractivity contribution is -0.144. The molecule has 0 aromatic carbocycles. The van der Waals surface area contributed by atoms with E-state index in [4.69, 9.17) is 21.7 Å². The molecule has 0 bridgehead atoms. The first kappa shape index (κ1) is 27.3. The molecule has 4 atom stereocenters. The number of unbranched alkanes of at least 4 members (excludes halogenated alkanes) is 1. The average Bonchev–Trinajstić information content (AvgIpc) is 2.64. The van der Waals surface area contributed by atoms with Gasteiger partial charge in [-0.05, 0) is 32.2 Å². The first-order valence-corrected chi connectivity index (χ1v) is 9.72. The maximum atomic E-state index is 12.4. The summed E-state index contributed by atoms with van der Waals surface area (Å²) >= 11 is 0. The van der Waals surface area contributed by atoms with Crippen LogP contribution in [0, 0.1) is 5.92 Å². The Morgan fingerprint density at radius 2 is 1.47 bits per heavy atom. The van der Waals surface area contributed by atoms with Crippen molar-refractivity contribution < 1.29 is 34.2 Å². The fourth-order valence-corrected chi connectivity index (χ4v) is 2.47. The molecule has 0 aliphatic carbocycles. The minimum absolute atomic E-state index is 0.315. The van der Waals surface area contributed by atoms with Gasteiger partial charge in [-0.25, -0.2) is 4.79 Å². The lowest BCUT2D eigenvalue weighted by atomic mass is 10.0. The van der Waals surface area contributed by atoms with Crippen molar-refractivity contribution in [1.29, 1.82) is 0 Å². The molecule has 4 unspecified atom stereocenters. The summed E-state index contributed by atoms with van der Waals surface area (Å²) in [6.07, 6.45) is 0.860. The number of carboxylic acids is 2. The molecule has 0 heterocycles. The maximum Gasteiger partial charge on any atom is 0.326 e. The maximum absolute atomic E-state index is 12.4. The molecule has 0 radical (unpaired) electrons. The fraction of sp³-hybridized carbons (Fsp3) is 0.722. The van der Waals surface area contributed by atoms with E-state index in [2.05, 4.69) is 16.0 Å².